The molecular weight excluding hydrogens is 276 g/mol. The largest absolute Gasteiger partial charge is 0.481 e. The van der Waals surface area contributed by atoms with Crippen molar-refractivity contribution in [1.82, 2.24) is 10.3 Å². The molecule has 0 aliphatic rings. The van der Waals surface area contributed by atoms with E-state index in [4.69, 9.17) is 10.8 Å². The van der Waals surface area contributed by atoms with Gasteiger partial charge in [-0.15, -0.1) is 0 Å². The Morgan fingerprint density at radius 3 is 2.57 bits per heavy atom. The Morgan fingerprint density at radius 1 is 1.33 bits per heavy atom. The highest BCUT2D eigenvalue weighted by Gasteiger charge is 2.26. The van der Waals surface area contributed by atoms with Crippen LogP contribution in [0.1, 0.15) is 30.8 Å². The SMILES string of the molecule is CC(C)(CCNC(=O)Nc1cccc(C(N)=O)n1)C(=O)O. The zero-order chi connectivity index (χ0) is 16.0. The predicted molar refractivity (Wildman–Crippen MR) is 75.8 cm³/mol. The number of pyridine rings is 1. The minimum Gasteiger partial charge on any atom is -0.481 e. The van der Waals surface area contributed by atoms with Crippen LogP contribution >= 0.6 is 0 Å². The molecule has 0 saturated carbocycles. The number of carboxylic acid groups (broad SMARTS) is 1. The maximum atomic E-state index is 11.6. The number of carboxylic acids is 1. The van der Waals surface area contributed by atoms with Gasteiger partial charge in [0.05, 0.1) is 5.41 Å². The van der Waals surface area contributed by atoms with Gasteiger partial charge >= 0.3 is 12.0 Å². The van der Waals surface area contributed by atoms with Crippen LogP contribution in [0.5, 0.6) is 0 Å². The molecule has 1 aromatic rings. The van der Waals surface area contributed by atoms with E-state index in [0.717, 1.165) is 0 Å². The Balaban J connectivity index is 2.49. The van der Waals surface area contributed by atoms with E-state index in [1.807, 2.05) is 0 Å². The van der Waals surface area contributed by atoms with E-state index in [1.54, 1.807) is 13.8 Å². The Bertz CT molecular complexity index is 557. The van der Waals surface area contributed by atoms with Gasteiger partial charge in [0.1, 0.15) is 11.5 Å². The molecule has 114 valence electrons. The first-order valence-electron chi connectivity index (χ1n) is 6.27. The first-order chi connectivity index (χ1) is 9.72. The molecule has 0 atom stereocenters. The van der Waals surface area contributed by atoms with Crippen molar-refractivity contribution in [3.8, 4) is 0 Å². The Kier molecular flexibility index (Phi) is 5.23. The summed E-state index contributed by atoms with van der Waals surface area (Å²) in [5.41, 5.74) is 4.21. The van der Waals surface area contributed by atoms with Crippen LogP contribution in [0.2, 0.25) is 0 Å². The fourth-order valence-corrected chi connectivity index (χ4v) is 1.40. The van der Waals surface area contributed by atoms with Crippen LogP contribution in [0.15, 0.2) is 18.2 Å². The Hall–Kier alpha value is -2.64. The number of amides is 3. The van der Waals surface area contributed by atoms with Crippen molar-refractivity contribution in [3.05, 3.63) is 23.9 Å². The van der Waals surface area contributed by atoms with E-state index in [2.05, 4.69) is 15.6 Å². The number of nitrogens with one attached hydrogen (secondary N) is 2. The van der Waals surface area contributed by atoms with Gasteiger partial charge in [0.2, 0.25) is 0 Å². The number of hydrogen-bond donors (Lipinski definition) is 4. The van der Waals surface area contributed by atoms with Gasteiger partial charge in [0.15, 0.2) is 0 Å². The molecule has 0 unspecified atom stereocenters. The number of anilines is 1. The highest BCUT2D eigenvalue weighted by molar-refractivity contribution is 5.92. The number of carbonyl (C=O) groups excluding carboxylic acids is 2. The summed E-state index contributed by atoms with van der Waals surface area (Å²) in [4.78, 5) is 37.3. The van der Waals surface area contributed by atoms with Gasteiger partial charge in [0, 0.05) is 6.54 Å². The van der Waals surface area contributed by atoms with Crippen molar-refractivity contribution in [1.29, 1.82) is 0 Å². The average Bonchev–Trinajstić information content (AvgIpc) is 2.38. The van der Waals surface area contributed by atoms with Crippen molar-refractivity contribution in [2.45, 2.75) is 20.3 Å². The molecule has 8 nitrogen and oxygen atoms in total. The van der Waals surface area contributed by atoms with Gasteiger partial charge in [-0.05, 0) is 32.4 Å². The van der Waals surface area contributed by atoms with Crippen LogP contribution in [-0.2, 0) is 4.79 Å². The molecule has 0 bridgehead atoms. The number of nitrogens with two attached hydrogens (primary N) is 1. The summed E-state index contributed by atoms with van der Waals surface area (Å²) in [6.45, 7) is 3.35. The quantitative estimate of drug-likeness (QED) is 0.615. The summed E-state index contributed by atoms with van der Waals surface area (Å²) < 4.78 is 0. The molecule has 0 fully saturated rings. The number of aromatic nitrogens is 1. The number of urea groups is 1. The minimum atomic E-state index is -0.930. The molecule has 1 rings (SSSR count). The zero-order valence-corrected chi connectivity index (χ0v) is 11.8. The fraction of sp³-hybridized carbons (Fsp3) is 0.385. The third kappa shape index (κ3) is 5.09. The van der Waals surface area contributed by atoms with E-state index in [-0.39, 0.29) is 24.5 Å². The smallest absolute Gasteiger partial charge is 0.320 e. The second kappa shape index (κ2) is 6.69. The van der Waals surface area contributed by atoms with Crippen molar-refractivity contribution in [3.63, 3.8) is 0 Å². The molecule has 8 heteroatoms. The maximum absolute atomic E-state index is 11.6. The fourth-order valence-electron chi connectivity index (χ4n) is 1.40. The molecule has 0 aromatic carbocycles. The maximum Gasteiger partial charge on any atom is 0.320 e. The van der Waals surface area contributed by atoms with Crippen molar-refractivity contribution in [2.75, 3.05) is 11.9 Å². The van der Waals surface area contributed by atoms with Crippen LogP contribution in [0.25, 0.3) is 0 Å². The normalized spacial score (nSPS) is 10.8. The Morgan fingerprint density at radius 2 is 2.00 bits per heavy atom. The lowest BCUT2D eigenvalue weighted by molar-refractivity contribution is -0.147. The molecule has 1 aromatic heterocycles. The number of aliphatic carboxylic acids is 1. The summed E-state index contributed by atoms with van der Waals surface area (Å²) >= 11 is 0. The van der Waals surface area contributed by atoms with Crippen molar-refractivity contribution >= 4 is 23.7 Å². The monoisotopic (exact) mass is 294 g/mol. The number of primary amides is 1. The molecule has 0 saturated heterocycles. The highest BCUT2D eigenvalue weighted by Crippen LogP contribution is 2.19. The zero-order valence-electron chi connectivity index (χ0n) is 11.8. The van der Waals surface area contributed by atoms with Gasteiger partial charge in [-0.2, -0.15) is 0 Å². The van der Waals surface area contributed by atoms with Crippen LogP contribution in [0.4, 0.5) is 10.6 Å². The highest BCUT2D eigenvalue weighted by atomic mass is 16.4. The van der Waals surface area contributed by atoms with Crippen LogP contribution in [-0.4, -0.2) is 34.5 Å². The first kappa shape index (κ1) is 16.4. The summed E-state index contributed by atoms with van der Waals surface area (Å²) in [5.74, 6) is -1.44. The van der Waals surface area contributed by atoms with Crippen LogP contribution in [0.3, 0.4) is 0 Å². The summed E-state index contributed by atoms with van der Waals surface area (Å²) in [6.07, 6.45) is 0.282. The third-order valence-electron chi connectivity index (χ3n) is 2.86. The lowest BCUT2D eigenvalue weighted by Gasteiger charge is -2.18. The molecule has 3 amide bonds. The van der Waals surface area contributed by atoms with E-state index in [9.17, 15) is 14.4 Å². The molecule has 0 aliphatic carbocycles. The van der Waals surface area contributed by atoms with Crippen LogP contribution in [0, 0.1) is 5.41 Å². The van der Waals surface area contributed by atoms with Gasteiger partial charge in [0.25, 0.3) is 5.91 Å². The third-order valence-corrected chi connectivity index (χ3v) is 2.86. The Labute approximate surface area is 121 Å². The molecule has 0 radical (unpaired) electrons. The lowest BCUT2D eigenvalue weighted by atomic mass is 9.90. The summed E-state index contributed by atoms with van der Waals surface area (Å²) in [5, 5.41) is 13.9. The van der Waals surface area contributed by atoms with Gasteiger partial charge in [-0.1, -0.05) is 6.07 Å². The standard InChI is InChI=1S/C13H18N4O4/c1-13(2,11(19)20)6-7-15-12(21)17-9-5-3-4-8(16-9)10(14)18/h3-5H,6-7H2,1-2H3,(H2,14,18)(H,19,20)(H2,15,16,17,21). The molecule has 0 aliphatic heterocycles. The molecule has 1 heterocycles. The second-order valence-corrected chi connectivity index (χ2v) is 5.09. The van der Waals surface area contributed by atoms with Crippen LogP contribution < -0.4 is 16.4 Å². The van der Waals surface area contributed by atoms with E-state index in [1.165, 1.54) is 18.2 Å². The molecular formula is C13H18N4O4. The number of carbonyl (C=O) groups is 3. The first-order valence-corrected chi connectivity index (χ1v) is 6.27. The van der Waals surface area contributed by atoms with Crippen molar-refractivity contribution < 1.29 is 19.5 Å². The molecule has 5 N–H and O–H groups in total. The van der Waals surface area contributed by atoms with Gasteiger partial charge < -0.3 is 16.2 Å². The van der Waals surface area contributed by atoms with Gasteiger partial charge in [-0.25, -0.2) is 9.78 Å². The number of nitrogens with zero attached hydrogens (tertiary/aromatic N) is 1. The van der Waals surface area contributed by atoms with E-state index < -0.39 is 23.3 Å². The minimum absolute atomic E-state index is 0.0415. The predicted octanol–water partition coefficient (Wildman–Crippen LogP) is 0.803. The number of hydrogen-bond acceptors (Lipinski definition) is 4. The lowest BCUT2D eigenvalue weighted by Crippen LogP contribution is -2.34. The summed E-state index contributed by atoms with van der Waals surface area (Å²) in [6, 6.07) is 3.94. The molecule has 0 spiro atoms. The summed E-state index contributed by atoms with van der Waals surface area (Å²) in [7, 11) is 0. The topological polar surface area (TPSA) is 134 Å². The van der Waals surface area contributed by atoms with E-state index in [0.29, 0.717) is 0 Å². The number of rotatable bonds is 6. The average molecular weight is 294 g/mol. The molecule has 21 heavy (non-hydrogen) atoms. The van der Waals surface area contributed by atoms with Gasteiger partial charge in [-0.3, -0.25) is 14.9 Å². The van der Waals surface area contributed by atoms with E-state index >= 15 is 0 Å². The second-order valence-electron chi connectivity index (χ2n) is 5.09. The van der Waals surface area contributed by atoms with Crippen molar-refractivity contribution in [2.24, 2.45) is 11.1 Å².